The predicted molar refractivity (Wildman–Crippen MR) is 48.3 cm³/mol. The number of ether oxygens (including phenoxy) is 1. The number of hydrogen-bond donors (Lipinski definition) is 1. The minimum Gasteiger partial charge on any atom is -0.449 e. The Balaban J connectivity index is 2.64. The standard InChI is InChI=1S/C9H10N2O3/c1-6(8(10)12)14-9(13)7-2-4-11-5-3-7/h2-6H,1H3,(H2,10,12). The molecular weight excluding hydrogens is 184 g/mol. The van der Waals surface area contributed by atoms with Crippen LogP contribution in [-0.2, 0) is 9.53 Å². The highest BCUT2D eigenvalue weighted by atomic mass is 16.5. The molecule has 0 aliphatic carbocycles. The molecule has 0 saturated heterocycles. The first kappa shape index (κ1) is 10.2. The van der Waals surface area contributed by atoms with E-state index in [1.54, 1.807) is 0 Å². The van der Waals surface area contributed by atoms with E-state index in [4.69, 9.17) is 10.5 Å². The summed E-state index contributed by atoms with van der Waals surface area (Å²) >= 11 is 0. The Kier molecular flexibility index (Phi) is 3.17. The van der Waals surface area contributed by atoms with Crippen molar-refractivity contribution < 1.29 is 14.3 Å². The summed E-state index contributed by atoms with van der Waals surface area (Å²) in [6.07, 6.45) is 2.01. The van der Waals surface area contributed by atoms with Crippen molar-refractivity contribution in [3.8, 4) is 0 Å². The van der Waals surface area contributed by atoms with Crippen LogP contribution in [0.3, 0.4) is 0 Å². The van der Waals surface area contributed by atoms with E-state index in [-0.39, 0.29) is 0 Å². The number of primary amides is 1. The number of amides is 1. The van der Waals surface area contributed by atoms with Crippen molar-refractivity contribution >= 4 is 11.9 Å². The molecule has 1 unspecified atom stereocenters. The summed E-state index contributed by atoms with van der Waals surface area (Å²) in [6, 6.07) is 2.99. The first-order valence-corrected chi connectivity index (χ1v) is 4.01. The van der Waals surface area contributed by atoms with Crippen LogP contribution in [0.25, 0.3) is 0 Å². The lowest BCUT2D eigenvalue weighted by Crippen LogP contribution is -2.30. The van der Waals surface area contributed by atoms with E-state index in [1.165, 1.54) is 31.5 Å². The minimum atomic E-state index is -0.921. The molecule has 5 nitrogen and oxygen atoms in total. The molecule has 0 aliphatic rings. The van der Waals surface area contributed by atoms with Gasteiger partial charge in [0.2, 0.25) is 0 Å². The summed E-state index contributed by atoms with van der Waals surface area (Å²) in [6.45, 7) is 1.42. The highest BCUT2D eigenvalue weighted by Gasteiger charge is 2.15. The number of rotatable bonds is 3. The Hall–Kier alpha value is -1.91. The summed E-state index contributed by atoms with van der Waals surface area (Å²) in [4.78, 5) is 25.6. The van der Waals surface area contributed by atoms with Crippen LogP contribution in [0.4, 0.5) is 0 Å². The van der Waals surface area contributed by atoms with Crippen molar-refractivity contribution in [2.24, 2.45) is 5.73 Å². The first-order valence-electron chi connectivity index (χ1n) is 4.01. The fraction of sp³-hybridized carbons (Fsp3) is 0.222. The number of carbonyl (C=O) groups excluding carboxylic acids is 2. The van der Waals surface area contributed by atoms with Gasteiger partial charge in [0.15, 0.2) is 6.10 Å². The number of aromatic nitrogens is 1. The Morgan fingerprint density at radius 2 is 2.00 bits per heavy atom. The molecule has 1 aromatic heterocycles. The number of carbonyl (C=O) groups is 2. The molecule has 0 aromatic carbocycles. The Morgan fingerprint density at radius 1 is 1.43 bits per heavy atom. The molecule has 1 amide bonds. The van der Waals surface area contributed by atoms with Gasteiger partial charge in [-0.25, -0.2) is 4.79 Å². The maximum absolute atomic E-state index is 11.3. The highest BCUT2D eigenvalue weighted by Crippen LogP contribution is 2.01. The van der Waals surface area contributed by atoms with Crippen LogP contribution < -0.4 is 5.73 Å². The Labute approximate surface area is 80.9 Å². The number of pyridine rings is 1. The molecule has 0 spiro atoms. The van der Waals surface area contributed by atoms with Gasteiger partial charge in [0.05, 0.1) is 5.56 Å². The topological polar surface area (TPSA) is 82.3 Å². The Bertz CT molecular complexity index is 337. The zero-order chi connectivity index (χ0) is 10.6. The van der Waals surface area contributed by atoms with E-state index in [2.05, 4.69) is 4.98 Å². The van der Waals surface area contributed by atoms with Gasteiger partial charge in [0.1, 0.15) is 0 Å². The zero-order valence-corrected chi connectivity index (χ0v) is 7.64. The normalized spacial score (nSPS) is 11.8. The summed E-state index contributed by atoms with van der Waals surface area (Å²) in [7, 11) is 0. The quantitative estimate of drug-likeness (QED) is 0.692. The smallest absolute Gasteiger partial charge is 0.339 e. The van der Waals surface area contributed by atoms with Gasteiger partial charge in [-0.3, -0.25) is 9.78 Å². The molecular formula is C9H10N2O3. The second-order valence-electron chi connectivity index (χ2n) is 2.69. The third-order valence-electron chi connectivity index (χ3n) is 1.60. The van der Waals surface area contributed by atoms with Gasteiger partial charge in [-0.2, -0.15) is 0 Å². The van der Waals surface area contributed by atoms with Crippen LogP contribution >= 0.6 is 0 Å². The maximum atomic E-state index is 11.3. The van der Waals surface area contributed by atoms with Crippen LogP contribution in [0, 0.1) is 0 Å². The lowest BCUT2D eigenvalue weighted by molar-refractivity contribution is -0.125. The zero-order valence-electron chi connectivity index (χ0n) is 7.64. The number of esters is 1. The van der Waals surface area contributed by atoms with Crippen molar-refractivity contribution in [2.75, 3.05) is 0 Å². The van der Waals surface area contributed by atoms with Crippen LogP contribution in [0.1, 0.15) is 17.3 Å². The summed E-state index contributed by atoms with van der Waals surface area (Å²) in [5, 5.41) is 0. The lowest BCUT2D eigenvalue weighted by atomic mass is 10.3. The number of nitrogens with two attached hydrogens (primary N) is 1. The van der Waals surface area contributed by atoms with Crippen molar-refractivity contribution in [3.63, 3.8) is 0 Å². The van der Waals surface area contributed by atoms with E-state index < -0.39 is 18.0 Å². The fourth-order valence-corrected chi connectivity index (χ4v) is 0.775. The molecule has 2 N–H and O–H groups in total. The molecule has 74 valence electrons. The summed E-state index contributed by atoms with van der Waals surface area (Å²) in [5.74, 6) is -1.26. The fourth-order valence-electron chi connectivity index (χ4n) is 0.775. The van der Waals surface area contributed by atoms with Crippen LogP contribution in [-0.4, -0.2) is 23.0 Å². The molecule has 0 saturated carbocycles. The average Bonchev–Trinajstić information content (AvgIpc) is 2.19. The van der Waals surface area contributed by atoms with Crippen molar-refractivity contribution in [2.45, 2.75) is 13.0 Å². The van der Waals surface area contributed by atoms with Crippen LogP contribution in [0.15, 0.2) is 24.5 Å². The molecule has 1 rings (SSSR count). The molecule has 0 aliphatic heterocycles. The van der Waals surface area contributed by atoms with Crippen molar-refractivity contribution in [1.82, 2.24) is 4.98 Å². The molecule has 14 heavy (non-hydrogen) atoms. The Morgan fingerprint density at radius 3 is 2.50 bits per heavy atom. The second kappa shape index (κ2) is 4.36. The van der Waals surface area contributed by atoms with Crippen LogP contribution in [0.5, 0.6) is 0 Å². The molecule has 1 aromatic rings. The maximum Gasteiger partial charge on any atom is 0.339 e. The van der Waals surface area contributed by atoms with Gasteiger partial charge in [-0.1, -0.05) is 0 Å². The lowest BCUT2D eigenvalue weighted by Gasteiger charge is -2.08. The van der Waals surface area contributed by atoms with Crippen LogP contribution in [0.2, 0.25) is 0 Å². The summed E-state index contributed by atoms with van der Waals surface area (Å²) in [5.41, 5.74) is 5.27. The number of hydrogen-bond acceptors (Lipinski definition) is 4. The molecule has 5 heteroatoms. The molecule has 0 bridgehead atoms. The van der Waals surface area contributed by atoms with Gasteiger partial charge in [0.25, 0.3) is 5.91 Å². The van der Waals surface area contributed by atoms with Gasteiger partial charge in [-0.15, -0.1) is 0 Å². The third kappa shape index (κ3) is 2.55. The SMILES string of the molecule is CC(OC(=O)c1ccncc1)C(N)=O. The average molecular weight is 194 g/mol. The molecule has 1 heterocycles. The van der Waals surface area contributed by atoms with Crippen molar-refractivity contribution in [3.05, 3.63) is 30.1 Å². The van der Waals surface area contributed by atoms with Gasteiger partial charge < -0.3 is 10.5 Å². The third-order valence-corrected chi connectivity index (χ3v) is 1.60. The van der Waals surface area contributed by atoms with Gasteiger partial charge in [-0.05, 0) is 19.1 Å². The van der Waals surface area contributed by atoms with E-state index in [0.29, 0.717) is 5.56 Å². The van der Waals surface area contributed by atoms with Gasteiger partial charge >= 0.3 is 5.97 Å². The van der Waals surface area contributed by atoms with E-state index in [1.807, 2.05) is 0 Å². The molecule has 1 atom stereocenters. The van der Waals surface area contributed by atoms with E-state index in [0.717, 1.165) is 0 Å². The van der Waals surface area contributed by atoms with E-state index >= 15 is 0 Å². The van der Waals surface area contributed by atoms with Gasteiger partial charge in [0, 0.05) is 12.4 Å². The predicted octanol–water partition coefficient (Wildman–Crippen LogP) is 0.112. The number of nitrogens with zero attached hydrogens (tertiary/aromatic N) is 1. The first-order chi connectivity index (χ1) is 6.61. The van der Waals surface area contributed by atoms with E-state index in [9.17, 15) is 9.59 Å². The minimum absolute atomic E-state index is 0.341. The summed E-state index contributed by atoms with van der Waals surface area (Å²) < 4.78 is 4.76. The van der Waals surface area contributed by atoms with Crippen molar-refractivity contribution in [1.29, 1.82) is 0 Å². The molecule has 0 fully saturated rings. The monoisotopic (exact) mass is 194 g/mol. The second-order valence-corrected chi connectivity index (χ2v) is 2.69. The highest BCUT2D eigenvalue weighted by molar-refractivity contribution is 5.91. The molecule has 0 radical (unpaired) electrons. The largest absolute Gasteiger partial charge is 0.449 e.